The zero-order chi connectivity index (χ0) is 23.7. The third-order valence-corrected chi connectivity index (χ3v) is 8.53. The Balaban J connectivity index is 2.12. The van der Waals surface area contributed by atoms with Crippen molar-refractivity contribution in [3.05, 3.63) is 93.5 Å². The van der Waals surface area contributed by atoms with Crippen molar-refractivity contribution in [1.82, 2.24) is 0 Å². The molecule has 0 spiro atoms. The van der Waals surface area contributed by atoms with Gasteiger partial charge in [-0.3, -0.25) is 4.79 Å². The van der Waals surface area contributed by atoms with Crippen molar-refractivity contribution in [3.63, 3.8) is 0 Å². The summed E-state index contributed by atoms with van der Waals surface area (Å²) in [5.74, 6) is -1.10. The summed E-state index contributed by atoms with van der Waals surface area (Å²) in [6.07, 6.45) is 0. The predicted octanol–water partition coefficient (Wildman–Crippen LogP) is 5.00. The first-order valence-electron chi connectivity index (χ1n) is 9.21. The second-order valence-electron chi connectivity index (χ2n) is 7.05. The quantitative estimate of drug-likeness (QED) is 0.326. The van der Waals surface area contributed by atoms with Crippen LogP contribution in [0.15, 0.2) is 76.5 Å². The largest absolute Gasteiger partial charge is 0.298 e. The molecule has 168 valence electrons. The number of Topliss-reactive ketones (excluding diaryl/α,β-unsaturated/α-hetero) is 1. The van der Waals surface area contributed by atoms with Crippen molar-refractivity contribution < 1.29 is 25.8 Å². The van der Waals surface area contributed by atoms with Gasteiger partial charge in [-0.25, -0.2) is 12.6 Å². The van der Waals surface area contributed by atoms with E-state index in [1.54, 1.807) is 13.8 Å². The molecule has 3 rings (SSSR count). The normalized spacial score (nSPS) is 13.0. The van der Waals surface area contributed by atoms with Gasteiger partial charge in [0.25, 0.3) is 10.1 Å². The Labute approximate surface area is 196 Å². The maximum absolute atomic E-state index is 13.3. The van der Waals surface area contributed by atoms with Crippen LogP contribution >= 0.6 is 23.2 Å². The first-order chi connectivity index (χ1) is 14.9. The number of rotatable bonds is 7. The van der Waals surface area contributed by atoms with Crippen molar-refractivity contribution >= 4 is 48.9 Å². The smallest absolute Gasteiger partial charge is 0.290 e. The van der Waals surface area contributed by atoms with E-state index in [9.17, 15) is 21.6 Å². The lowest BCUT2D eigenvalue weighted by Crippen LogP contribution is -2.35. The molecule has 0 fully saturated rings. The number of hydrogen-bond acceptors (Lipinski definition) is 6. The summed E-state index contributed by atoms with van der Waals surface area (Å²) >= 11 is 11.8. The van der Waals surface area contributed by atoms with Gasteiger partial charge in [0, 0.05) is 5.56 Å². The number of halogens is 2. The number of aryl methyl sites for hydroxylation is 2. The van der Waals surface area contributed by atoms with Crippen LogP contribution in [0.5, 0.6) is 0 Å². The van der Waals surface area contributed by atoms with Crippen molar-refractivity contribution in [2.45, 2.75) is 29.1 Å². The van der Waals surface area contributed by atoms with Crippen molar-refractivity contribution in [3.8, 4) is 0 Å². The number of carbonyl (C=O) groups is 1. The molecule has 0 N–H and O–H groups in total. The molecule has 3 aromatic rings. The van der Waals surface area contributed by atoms with Crippen LogP contribution in [0.2, 0.25) is 10.0 Å². The molecule has 0 amide bonds. The van der Waals surface area contributed by atoms with Crippen LogP contribution in [0.25, 0.3) is 0 Å². The highest BCUT2D eigenvalue weighted by Gasteiger charge is 2.40. The fourth-order valence-electron chi connectivity index (χ4n) is 2.75. The van der Waals surface area contributed by atoms with Gasteiger partial charge in [-0.15, -0.1) is 0 Å². The monoisotopic (exact) mass is 512 g/mol. The van der Waals surface area contributed by atoms with E-state index in [0.717, 1.165) is 17.2 Å². The van der Waals surface area contributed by atoms with Gasteiger partial charge < -0.3 is 0 Å². The van der Waals surface area contributed by atoms with Gasteiger partial charge in [-0.1, -0.05) is 58.6 Å². The molecule has 0 aromatic heterocycles. The van der Waals surface area contributed by atoms with E-state index in [4.69, 9.17) is 27.4 Å². The molecule has 0 bridgehead atoms. The Bertz CT molecular complexity index is 1360. The minimum atomic E-state index is -4.61. The highest BCUT2D eigenvalue weighted by molar-refractivity contribution is 7.94. The molecule has 0 aliphatic rings. The lowest BCUT2D eigenvalue weighted by Gasteiger charge is -2.18. The maximum Gasteiger partial charge on any atom is 0.298 e. The van der Waals surface area contributed by atoms with Crippen molar-refractivity contribution in [2.75, 3.05) is 0 Å². The molecule has 0 aliphatic heterocycles. The zero-order valence-electron chi connectivity index (χ0n) is 17.0. The van der Waals surface area contributed by atoms with Gasteiger partial charge in [0.15, 0.2) is 0 Å². The van der Waals surface area contributed by atoms with Gasteiger partial charge in [0.2, 0.25) is 21.1 Å². The van der Waals surface area contributed by atoms with Crippen LogP contribution in [0.3, 0.4) is 0 Å². The van der Waals surface area contributed by atoms with Crippen LogP contribution in [0, 0.1) is 13.8 Å². The highest BCUT2D eigenvalue weighted by atomic mass is 35.5. The number of ketones is 1. The number of benzene rings is 3. The Hall–Kier alpha value is -2.23. The maximum atomic E-state index is 13.3. The molecule has 1 unspecified atom stereocenters. The summed E-state index contributed by atoms with van der Waals surface area (Å²) in [6.45, 7) is 3.52. The molecule has 0 saturated heterocycles. The summed E-state index contributed by atoms with van der Waals surface area (Å²) in [7, 11) is -9.17. The number of hydrogen-bond donors (Lipinski definition) is 0. The van der Waals surface area contributed by atoms with Crippen LogP contribution in [0.1, 0.15) is 21.5 Å². The average molecular weight is 513 g/mol. The second-order valence-corrected chi connectivity index (χ2v) is 11.4. The summed E-state index contributed by atoms with van der Waals surface area (Å²) in [6, 6.07) is 14.9. The summed E-state index contributed by atoms with van der Waals surface area (Å²) in [5.41, 5.74) is -0.961. The molecule has 3 aromatic carbocycles. The van der Waals surface area contributed by atoms with Gasteiger partial charge >= 0.3 is 0 Å². The van der Waals surface area contributed by atoms with E-state index in [1.165, 1.54) is 60.7 Å². The van der Waals surface area contributed by atoms with E-state index in [0.29, 0.717) is 0 Å². The molecule has 32 heavy (non-hydrogen) atoms. The van der Waals surface area contributed by atoms with Crippen molar-refractivity contribution in [1.29, 1.82) is 0 Å². The lowest BCUT2D eigenvalue weighted by atomic mass is 10.1. The van der Waals surface area contributed by atoms with E-state index in [1.807, 2.05) is 0 Å². The minimum absolute atomic E-state index is 0.00499. The van der Waals surface area contributed by atoms with Crippen LogP contribution in [-0.2, 0) is 24.1 Å². The van der Waals surface area contributed by atoms with E-state index >= 15 is 0 Å². The highest BCUT2D eigenvalue weighted by Crippen LogP contribution is 2.28. The molecule has 10 heteroatoms. The van der Waals surface area contributed by atoms with Gasteiger partial charge in [0.1, 0.15) is 0 Å². The third-order valence-electron chi connectivity index (χ3n) is 4.57. The standard InChI is InChI=1S/C22H18Cl2O6S2/c1-14-3-8-17(9-4-14)31(26,27)22(21(25)16-7-12-19(23)20(24)13-16)30-32(28,29)18-10-5-15(2)6-11-18/h3-13,22H,1-2H3. The topological polar surface area (TPSA) is 94.6 Å². The predicted molar refractivity (Wildman–Crippen MR) is 122 cm³/mol. The Kier molecular flexibility index (Phi) is 7.12. The first kappa shape index (κ1) is 24.4. The van der Waals surface area contributed by atoms with Crippen molar-refractivity contribution in [2.24, 2.45) is 0 Å². The molecule has 0 radical (unpaired) electrons. The minimum Gasteiger partial charge on any atom is -0.290 e. The molecular formula is C22H18Cl2O6S2. The molecule has 1 atom stereocenters. The fraction of sp³-hybridized carbons (Fsp3) is 0.136. The van der Waals surface area contributed by atoms with Crippen LogP contribution < -0.4 is 0 Å². The Morgan fingerprint density at radius 3 is 1.75 bits per heavy atom. The molecule has 0 saturated carbocycles. The second kappa shape index (κ2) is 9.33. The Morgan fingerprint density at radius 2 is 1.25 bits per heavy atom. The summed E-state index contributed by atoms with van der Waals surface area (Å²) < 4.78 is 57.4. The number of sulfone groups is 1. The average Bonchev–Trinajstić information content (AvgIpc) is 2.74. The van der Waals surface area contributed by atoms with Crippen LogP contribution in [0.4, 0.5) is 0 Å². The van der Waals surface area contributed by atoms with Gasteiger partial charge in [-0.2, -0.15) is 8.42 Å². The molecule has 6 nitrogen and oxygen atoms in total. The summed E-state index contributed by atoms with van der Waals surface area (Å²) in [5, 5.41) is 0.153. The Morgan fingerprint density at radius 1 is 0.750 bits per heavy atom. The lowest BCUT2D eigenvalue weighted by molar-refractivity contribution is 0.0887. The van der Waals surface area contributed by atoms with E-state index in [-0.39, 0.29) is 25.4 Å². The molecule has 0 aliphatic carbocycles. The molecular weight excluding hydrogens is 495 g/mol. The van der Waals surface area contributed by atoms with E-state index < -0.39 is 31.2 Å². The summed E-state index contributed by atoms with van der Waals surface area (Å²) in [4.78, 5) is 12.6. The zero-order valence-corrected chi connectivity index (χ0v) is 20.1. The van der Waals surface area contributed by atoms with Crippen LogP contribution in [-0.4, -0.2) is 28.1 Å². The molecule has 0 heterocycles. The third kappa shape index (κ3) is 5.22. The first-order valence-corrected chi connectivity index (χ1v) is 12.9. The van der Waals surface area contributed by atoms with Gasteiger partial charge in [0.05, 0.1) is 19.8 Å². The number of carbonyl (C=O) groups excluding carboxylic acids is 1. The van der Waals surface area contributed by atoms with Gasteiger partial charge in [-0.05, 0) is 56.3 Å². The fourth-order valence-corrected chi connectivity index (χ4v) is 5.85. The SMILES string of the molecule is Cc1ccc(S(=O)(=O)OC(C(=O)c2ccc(Cl)c(Cl)c2)S(=O)(=O)c2ccc(C)cc2)cc1. The van der Waals surface area contributed by atoms with E-state index in [2.05, 4.69) is 0 Å².